The third-order valence-electron chi connectivity index (χ3n) is 3.87. The highest BCUT2D eigenvalue weighted by atomic mass is 16.3. The molecule has 19 heavy (non-hydrogen) atoms. The second-order valence-electron chi connectivity index (χ2n) is 5.24. The second-order valence-corrected chi connectivity index (χ2v) is 5.24. The van der Waals surface area contributed by atoms with Gasteiger partial charge in [0, 0.05) is 30.6 Å². The summed E-state index contributed by atoms with van der Waals surface area (Å²) in [6.45, 7) is 5.73. The van der Waals surface area contributed by atoms with Crippen molar-refractivity contribution in [2.24, 2.45) is 5.73 Å². The molecule has 3 nitrogen and oxygen atoms in total. The summed E-state index contributed by atoms with van der Waals surface area (Å²) in [5.74, 6) is 0.924. The van der Waals surface area contributed by atoms with Crippen molar-refractivity contribution in [3.8, 4) is 0 Å². The topological polar surface area (TPSA) is 42.4 Å². The van der Waals surface area contributed by atoms with E-state index in [0.29, 0.717) is 6.54 Å². The van der Waals surface area contributed by atoms with Crippen LogP contribution in [-0.4, -0.2) is 18.0 Å². The maximum atomic E-state index is 5.84. The smallest absolute Gasteiger partial charge is 0.134 e. The number of rotatable bonds is 3. The Bertz CT molecular complexity index is 612. The van der Waals surface area contributed by atoms with Crippen LogP contribution in [0, 0.1) is 0 Å². The molecule has 0 saturated carbocycles. The fraction of sp³-hybridized carbons (Fsp3) is 0.375. The standard InChI is InChI=1S/C16H20N2O/c1-12-6-8-18(9-7-12)11-14-13-4-2-3-5-15(13)19-16(14)10-17/h2-6H,7-11,17H2,1H3. The molecule has 0 atom stereocenters. The molecule has 0 radical (unpaired) electrons. The molecule has 2 heterocycles. The molecule has 1 aliphatic heterocycles. The predicted molar refractivity (Wildman–Crippen MR) is 77.8 cm³/mol. The molecule has 100 valence electrons. The summed E-state index contributed by atoms with van der Waals surface area (Å²) in [4.78, 5) is 2.45. The zero-order valence-electron chi connectivity index (χ0n) is 11.4. The Balaban J connectivity index is 1.91. The van der Waals surface area contributed by atoms with Gasteiger partial charge in [0.15, 0.2) is 0 Å². The van der Waals surface area contributed by atoms with E-state index in [9.17, 15) is 0 Å². The van der Waals surface area contributed by atoms with Crippen molar-refractivity contribution in [2.75, 3.05) is 13.1 Å². The average Bonchev–Trinajstić information content (AvgIpc) is 2.79. The van der Waals surface area contributed by atoms with Gasteiger partial charge >= 0.3 is 0 Å². The van der Waals surface area contributed by atoms with Crippen LogP contribution in [0.2, 0.25) is 0 Å². The second kappa shape index (κ2) is 5.19. The summed E-state index contributed by atoms with van der Waals surface area (Å²) in [5.41, 5.74) is 9.51. The Morgan fingerprint density at radius 1 is 1.32 bits per heavy atom. The molecular weight excluding hydrogens is 236 g/mol. The summed E-state index contributed by atoms with van der Waals surface area (Å²) >= 11 is 0. The number of nitrogens with two attached hydrogens (primary N) is 1. The number of nitrogens with zero attached hydrogens (tertiary/aromatic N) is 1. The van der Waals surface area contributed by atoms with Crippen LogP contribution >= 0.6 is 0 Å². The number of furan rings is 1. The van der Waals surface area contributed by atoms with Gasteiger partial charge in [0.25, 0.3) is 0 Å². The van der Waals surface area contributed by atoms with Gasteiger partial charge in [-0.3, -0.25) is 4.90 Å². The molecule has 0 saturated heterocycles. The molecule has 0 spiro atoms. The van der Waals surface area contributed by atoms with E-state index in [-0.39, 0.29) is 0 Å². The lowest BCUT2D eigenvalue weighted by molar-refractivity contribution is 0.284. The lowest BCUT2D eigenvalue weighted by Gasteiger charge is -2.25. The van der Waals surface area contributed by atoms with E-state index in [1.165, 1.54) is 16.5 Å². The number of benzene rings is 1. The van der Waals surface area contributed by atoms with Gasteiger partial charge in [-0.2, -0.15) is 0 Å². The van der Waals surface area contributed by atoms with E-state index < -0.39 is 0 Å². The van der Waals surface area contributed by atoms with Gasteiger partial charge in [0.05, 0.1) is 6.54 Å². The fourth-order valence-electron chi connectivity index (χ4n) is 2.67. The van der Waals surface area contributed by atoms with Crippen LogP contribution < -0.4 is 5.73 Å². The summed E-state index contributed by atoms with van der Waals surface area (Å²) in [7, 11) is 0. The van der Waals surface area contributed by atoms with Crippen molar-refractivity contribution < 1.29 is 4.42 Å². The Hall–Kier alpha value is -1.58. The molecule has 2 aromatic rings. The number of fused-ring (bicyclic) bond motifs is 1. The minimum atomic E-state index is 0.465. The molecule has 2 N–H and O–H groups in total. The van der Waals surface area contributed by atoms with Crippen LogP contribution in [0.4, 0.5) is 0 Å². The number of para-hydroxylation sites is 1. The van der Waals surface area contributed by atoms with Crippen molar-refractivity contribution in [2.45, 2.75) is 26.4 Å². The van der Waals surface area contributed by atoms with Crippen LogP contribution in [0.1, 0.15) is 24.7 Å². The zero-order valence-corrected chi connectivity index (χ0v) is 11.4. The van der Waals surface area contributed by atoms with Gasteiger partial charge in [0.1, 0.15) is 11.3 Å². The lowest BCUT2D eigenvalue weighted by Crippen LogP contribution is -2.28. The zero-order chi connectivity index (χ0) is 13.2. The predicted octanol–water partition coefficient (Wildman–Crippen LogP) is 3.04. The largest absolute Gasteiger partial charge is 0.459 e. The number of hydrogen-bond acceptors (Lipinski definition) is 3. The van der Waals surface area contributed by atoms with Crippen LogP contribution in [0.5, 0.6) is 0 Å². The molecule has 0 fully saturated rings. The Kier molecular flexibility index (Phi) is 3.40. The van der Waals surface area contributed by atoms with E-state index in [1.54, 1.807) is 0 Å². The molecule has 0 amide bonds. The molecule has 1 aliphatic rings. The SMILES string of the molecule is CC1=CCN(Cc2c(CN)oc3ccccc23)CC1. The summed E-state index contributed by atoms with van der Waals surface area (Å²) in [6, 6.07) is 8.20. The third kappa shape index (κ3) is 2.44. The third-order valence-corrected chi connectivity index (χ3v) is 3.87. The van der Waals surface area contributed by atoms with Gasteiger partial charge in [-0.05, 0) is 19.4 Å². The highest BCUT2D eigenvalue weighted by Gasteiger charge is 2.17. The maximum Gasteiger partial charge on any atom is 0.134 e. The van der Waals surface area contributed by atoms with Crippen molar-refractivity contribution in [1.82, 2.24) is 4.90 Å². The molecule has 0 aliphatic carbocycles. The minimum Gasteiger partial charge on any atom is -0.459 e. The van der Waals surface area contributed by atoms with Gasteiger partial charge < -0.3 is 10.2 Å². The Morgan fingerprint density at radius 2 is 2.16 bits per heavy atom. The van der Waals surface area contributed by atoms with E-state index in [1.807, 2.05) is 12.1 Å². The van der Waals surface area contributed by atoms with Gasteiger partial charge in [-0.15, -0.1) is 0 Å². The number of hydrogen-bond donors (Lipinski definition) is 1. The van der Waals surface area contributed by atoms with Crippen molar-refractivity contribution in [1.29, 1.82) is 0 Å². The lowest BCUT2D eigenvalue weighted by atomic mass is 10.1. The van der Waals surface area contributed by atoms with Crippen molar-refractivity contribution in [3.63, 3.8) is 0 Å². The monoisotopic (exact) mass is 256 g/mol. The average molecular weight is 256 g/mol. The maximum absolute atomic E-state index is 5.84. The highest BCUT2D eigenvalue weighted by molar-refractivity contribution is 5.82. The molecule has 1 aromatic carbocycles. The first-order valence-electron chi connectivity index (χ1n) is 6.85. The van der Waals surface area contributed by atoms with Crippen LogP contribution in [0.3, 0.4) is 0 Å². The molecule has 3 heteroatoms. The first-order chi connectivity index (χ1) is 9.28. The molecule has 1 aromatic heterocycles. The molecular formula is C16H20N2O. The highest BCUT2D eigenvalue weighted by Crippen LogP contribution is 2.27. The first-order valence-corrected chi connectivity index (χ1v) is 6.85. The molecule has 0 unspecified atom stereocenters. The van der Waals surface area contributed by atoms with Crippen LogP contribution in [0.15, 0.2) is 40.3 Å². The van der Waals surface area contributed by atoms with E-state index in [0.717, 1.165) is 37.4 Å². The minimum absolute atomic E-state index is 0.465. The van der Waals surface area contributed by atoms with E-state index in [2.05, 4.69) is 30.0 Å². The van der Waals surface area contributed by atoms with Crippen molar-refractivity contribution in [3.05, 3.63) is 47.2 Å². The van der Waals surface area contributed by atoms with Crippen LogP contribution in [-0.2, 0) is 13.1 Å². The van der Waals surface area contributed by atoms with Gasteiger partial charge in [-0.25, -0.2) is 0 Å². The summed E-state index contributed by atoms with van der Waals surface area (Å²) in [6.07, 6.45) is 3.47. The summed E-state index contributed by atoms with van der Waals surface area (Å²) in [5, 5.41) is 1.20. The Labute approximate surface area is 113 Å². The van der Waals surface area contributed by atoms with E-state index in [4.69, 9.17) is 10.2 Å². The Morgan fingerprint density at radius 3 is 2.89 bits per heavy atom. The fourth-order valence-corrected chi connectivity index (χ4v) is 2.67. The van der Waals surface area contributed by atoms with Gasteiger partial charge in [-0.1, -0.05) is 29.8 Å². The molecule has 3 rings (SSSR count). The first kappa shape index (κ1) is 12.5. The van der Waals surface area contributed by atoms with E-state index >= 15 is 0 Å². The molecule has 0 bridgehead atoms. The summed E-state index contributed by atoms with van der Waals surface area (Å²) < 4.78 is 5.84. The quantitative estimate of drug-likeness (QED) is 0.858. The van der Waals surface area contributed by atoms with Gasteiger partial charge in [0.2, 0.25) is 0 Å². The van der Waals surface area contributed by atoms with Crippen molar-refractivity contribution >= 4 is 11.0 Å². The normalized spacial score (nSPS) is 16.8. The van der Waals surface area contributed by atoms with Crippen LogP contribution in [0.25, 0.3) is 11.0 Å².